The van der Waals surface area contributed by atoms with Gasteiger partial charge in [-0.05, 0) is 50.0 Å². The number of nitrogens with one attached hydrogen (secondary N) is 2. The standard InChI is InChI=1S/C15H21ClN2O2S.C2HF3O2/c1-2-20-15(19)18-9-10-21-14-12-6-8-17-7-5-11(12)3-4-13(14)16;3-2(4,5)1(6)7/h3-4,17H,2,5-10H2,1H3,(H,18,19);(H,6,7). The second-order valence-corrected chi connectivity index (χ2v) is 7.08. The van der Waals surface area contributed by atoms with Crippen molar-refractivity contribution in [3.05, 3.63) is 28.3 Å². The summed E-state index contributed by atoms with van der Waals surface area (Å²) in [4.78, 5) is 21.3. The number of hydrogen-bond acceptors (Lipinski definition) is 5. The summed E-state index contributed by atoms with van der Waals surface area (Å²) in [5, 5.41) is 14.1. The first-order valence-electron chi connectivity index (χ1n) is 8.51. The smallest absolute Gasteiger partial charge is 0.475 e. The van der Waals surface area contributed by atoms with E-state index in [2.05, 4.69) is 16.7 Å². The Hall–Kier alpha value is -1.65. The summed E-state index contributed by atoms with van der Waals surface area (Å²) in [6.07, 6.45) is -3.40. The molecule has 0 unspecified atom stereocenters. The number of thioether (sulfide) groups is 1. The van der Waals surface area contributed by atoms with Gasteiger partial charge in [-0.2, -0.15) is 13.2 Å². The van der Waals surface area contributed by atoms with Gasteiger partial charge in [0.05, 0.1) is 11.6 Å². The van der Waals surface area contributed by atoms with Crippen molar-refractivity contribution in [3.8, 4) is 0 Å². The maximum atomic E-state index is 11.2. The lowest BCUT2D eigenvalue weighted by atomic mass is 10.0. The summed E-state index contributed by atoms with van der Waals surface area (Å²) in [5.74, 6) is -1.98. The average molecular weight is 443 g/mol. The SMILES string of the molecule is CCOC(=O)NCCSc1c(Cl)ccc2c1CCNCC2.O=C(O)C(F)(F)F. The molecule has 1 aromatic carbocycles. The number of aliphatic carboxylic acids is 1. The van der Waals surface area contributed by atoms with E-state index in [1.54, 1.807) is 18.7 Å². The van der Waals surface area contributed by atoms with Crippen molar-refractivity contribution < 1.29 is 32.6 Å². The lowest BCUT2D eigenvalue weighted by Crippen LogP contribution is -2.26. The zero-order valence-corrected chi connectivity index (χ0v) is 16.8. The third-order valence-electron chi connectivity index (χ3n) is 3.57. The van der Waals surface area contributed by atoms with E-state index in [4.69, 9.17) is 26.2 Å². The summed E-state index contributed by atoms with van der Waals surface area (Å²) in [6.45, 7) is 4.76. The number of halogens is 4. The number of carbonyl (C=O) groups is 2. The molecule has 28 heavy (non-hydrogen) atoms. The van der Waals surface area contributed by atoms with Crippen molar-refractivity contribution in [3.63, 3.8) is 0 Å². The fourth-order valence-corrected chi connectivity index (χ4v) is 3.72. The largest absolute Gasteiger partial charge is 0.490 e. The Morgan fingerprint density at radius 3 is 2.57 bits per heavy atom. The normalized spacial score (nSPS) is 13.5. The number of alkyl carbamates (subject to hydrolysis) is 1. The molecule has 2 rings (SSSR count). The lowest BCUT2D eigenvalue weighted by Gasteiger charge is -2.14. The van der Waals surface area contributed by atoms with Gasteiger partial charge in [0.25, 0.3) is 0 Å². The van der Waals surface area contributed by atoms with Crippen LogP contribution in [0.25, 0.3) is 0 Å². The van der Waals surface area contributed by atoms with Gasteiger partial charge >= 0.3 is 18.2 Å². The number of hydrogen-bond donors (Lipinski definition) is 3. The first-order valence-corrected chi connectivity index (χ1v) is 9.87. The number of carbonyl (C=O) groups excluding carboxylic acids is 1. The summed E-state index contributed by atoms with van der Waals surface area (Å²) in [6, 6.07) is 4.11. The second-order valence-electron chi connectivity index (χ2n) is 5.56. The van der Waals surface area contributed by atoms with Gasteiger partial charge in [0.1, 0.15) is 0 Å². The van der Waals surface area contributed by atoms with Crippen LogP contribution in [-0.2, 0) is 22.4 Å². The van der Waals surface area contributed by atoms with Crippen molar-refractivity contribution >= 4 is 35.4 Å². The molecule has 0 aliphatic carbocycles. The van der Waals surface area contributed by atoms with Crippen LogP contribution >= 0.6 is 23.4 Å². The summed E-state index contributed by atoms with van der Waals surface area (Å²) >= 11 is 8.05. The molecule has 0 radical (unpaired) electrons. The van der Waals surface area contributed by atoms with Crippen molar-refractivity contribution in [1.29, 1.82) is 0 Å². The molecule has 1 heterocycles. The quantitative estimate of drug-likeness (QED) is 0.478. The first-order chi connectivity index (χ1) is 13.2. The van der Waals surface area contributed by atoms with E-state index in [1.165, 1.54) is 11.1 Å². The molecule has 1 aliphatic heterocycles. The summed E-state index contributed by atoms with van der Waals surface area (Å²) < 4.78 is 36.6. The van der Waals surface area contributed by atoms with Crippen molar-refractivity contribution in [2.24, 2.45) is 0 Å². The highest BCUT2D eigenvalue weighted by atomic mass is 35.5. The maximum absolute atomic E-state index is 11.2. The number of alkyl halides is 3. The number of carboxylic acid groups (broad SMARTS) is 1. The van der Waals surface area contributed by atoms with E-state index in [-0.39, 0.29) is 6.09 Å². The minimum atomic E-state index is -5.08. The van der Waals surface area contributed by atoms with Gasteiger partial charge in [-0.3, -0.25) is 0 Å². The number of carboxylic acids is 1. The van der Waals surface area contributed by atoms with E-state index >= 15 is 0 Å². The molecule has 6 nitrogen and oxygen atoms in total. The van der Waals surface area contributed by atoms with Gasteiger partial charge in [0.15, 0.2) is 0 Å². The van der Waals surface area contributed by atoms with Crippen LogP contribution < -0.4 is 10.6 Å². The van der Waals surface area contributed by atoms with Crippen molar-refractivity contribution in [1.82, 2.24) is 10.6 Å². The molecular formula is C17H22ClF3N2O4S. The van der Waals surface area contributed by atoms with E-state index in [1.807, 2.05) is 6.07 Å². The van der Waals surface area contributed by atoms with Crippen LogP contribution in [0.4, 0.5) is 18.0 Å². The molecule has 0 spiro atoms. The van der Waals surface area contributed by atoms with Crippen LogP contribution in [0.1, 0.15) is 18.1 Å². The van der Waals surface area contributed by atoms with E-state index in [9.17, 15) is 18.0 Å². The van der Waals surface area contributed by atoms with Gasteiger partial charge in [-0.15, -0.1) is 11.8 Å². The Labute approximate surface area is 170 Å². The van der Waals surface area contributed by atoms with Gasteiger partial charge in [-0.1, -0.05) is 17.7 Å². The molecule has 0 bridgehead atoms. The topological polar surface area (TPSA) is 87.7 Å². The minimum absolute atomic E-state index is 0.361. The van der Waals surface area contributed by atoms with Gasteiger partial charge in [0.2, 0.25) is 0 Å². The van der Waals surface area contributed by atoms with Crippen molar-refractivity contribution in [2.45, 2.75) is 30.8 Å². The Morgan fingerprint density at radius 2 is 1.96 bits per heavy atom. The van der Waals surface area contributed by atoms with Crippen LogP contribution in [0.2, 0.25) is 5.02 Å². The number of amides is 1. The molecule has 158 valence electrons. The molecule has 0 aromatic heterocycles. The molecule has 0 saturated heterocycles. The predicted molar refractivity (Wildman–Crippen MR) is 101 cm³/mol. The number of fused-ring (bicyclic) bond motifs is 1. The molecular weight excluding hydrogens is 421 g/mol. The van der Waals surface area contributed by atoms with Crippen LogP contribution in [-0.4, -0.2) is 55.3 Å². The van der Waals surface area contributed by atoms with E-state index in [0.29, 0.717) is 13.2 Å². The zero-order chi connectivity index (χ0) is 21.2. The lowest BCUT2D eigenvalue weighted by molar-refractivity contribution is -0.192. The molecule has 1 amide bonds. The fourth-order valence-electron chi connectivity index (χ4n) is 2.35. The molecule has 1 aromatic rings. The van der Waals surface area contributed by atoms with Gasteiger partial charge in [-0.25, -0.2) is 9.59 Å². The number of benzene rings is 1. The molecule has 0 atom stereocenters. The van der Waals surface area contributed by atoms with Crippen LogP contribution in [0.3, 0.4) is 0 Å². The first kappa shape index (κ1) is 24.4. The van der Waals surface area contributed by atoms with Crippen molar-refractivity contribution in [2.75, 3.05) is 32.0 Å². The Kier molecular flexibility index (Phi) is 10.5. The maximum Gasteiger partial charge on any atom is 0.490 e. The number of rotatable bonds is 5. The zero-order valence-electron chi connectivity index (χ0n) is 15.2. The Morgan fingerprint density at radius 1 is 1.32 bits per heavy atom. The molecule has 11 heteroatoms. The van der Waals surface area contributed by atoms with Crippen LogP contribution in [0, 0.1) is 0 Å². The van der Waals surface area contributed by atoms with Crippen LogP contribution in [0.5, 0.6) is 0 Å². The van der Waals surface area contributed by atoms with E-state index < -0.39 is 12.1 Å². The Bertz CT molecular complexity index is 675. The second kappa shape index (κ2) is 12.0. The predicted octanol–water partition coefficient (Wildman–Crippen LogP) is 3.50. The average Bonchev–Trinajstić information content (AvgIpc) is 2.85. The third kappa shape index (κ3) is 8.57. The Balaban J connectivity index is 0.000000480. The molecule has 3 N–H and O–H groups in total. The van der Waals surface area contributed by atoms with Crippen LogP contribution in [0.15, 0.2) is 17.0 Å². The minimum Gasteiger partial charge on any atom is -0.475 e. The third-order valence-corrected chi connectivity index (χ3v) is 5.16. The number of ether oxygens (including phenoxy) is 1. The summed E-state index contributed by atoms with van der Waals surface area (Å²) in [7, 11) is 0. The highest BCUT2D eigenvalue weighted by Crippen LogP contribution is 2.33. The monoisotopic (exact) mass is 442 g/mol. The van der Waals surface area contributed by atoms with Gasteiger partial charge < -0.3 is 20.5 Å². The molecule has 0 fully saturated rings. The summed E-state index contributed by atoms with van der Waals surface area (Å²) in [5.41, 5.74) is 2.74. The molecule has 0 saturated carbocycles. The molecule has 1 aliphatic rings. The fraction of sp³-hybridized carbons (Fsp3) is 0.529. The highest BCUT2D eigenvalue weighted by Gasteiger charge is 2.38. The van der Waals surface area contributed by atoms with E-state index in [0.717, 1.165) is 41.6 Å². The highest BCUT2D eigenvalue weighted by molar-refractivity contribution is 7.99. The van der Waals surface area contributed by atoms with Gasteiger partial charge in [0, 0.05) is 17.2 Å².